The minimum Gasteiger partial charge on any atom is -0.486 e. The molecule has 2 N–H and O–H groups in total. The van der Waals surface area contributed by atoms with Crippen molar-refractivity contribution in [1.82, 2.24) is 5.32 Å². The number of hydrogen-bond donors (Lipinski definition) is 2. The molecule has 1 aromatic rings. The smallest absolute Gasteiger partial charge is 0.251 e. The van der Waals surface area contributed by atoms with Gasteiger partial charge in [0, 0.05) is 5.56 Å². The van der Waals surface area contributed by atoms with E-state index in [1.54, 1.807) is 26.8 Å². The first kappa shape index (κ1) is 14.9. The molecule has 1 atom stereocenters. The van der Waals surface area contributed by atoms with Crippen LogP contribution in [0.15, 0.2) is 12.1 Å². The van der Waals surface area contributed by atoms with Crippen LogP contribution >= 0.6 is 11.6 Å². The van der Waals surface area contributed by atoms with Gasteiger partial charge in [-0.05, 0) is 32.9 Å². The average Bonchev–Trinajstić information content (AvgIpc) is 2.38. The highest BCUT2D eigenvalue weighted by Gasteiger charge is 2.27. The highest BCUT2D eigenvalue weighted by Crippen LogP contribution is 2.38. The van der Waals surface area contributed by atoms with Gasteiger partial charge in [-0.1, -0.05) is 11.6 Å². The van der Waals surface area contributed by atoms with Crippen LogP contribution in [0.5, 0.6) is 11.5 Å². The van der Waals surface area contributed by atoms with Crippen LogP contribution in [-0.2, 0) is 0 Å². The van der Waals surface area contributed by atoms with Crippen LogP contribution in [0.1, 0.15) is 31.1 Å². The largest absolute Gasteiger partial charge is 0.486 e. The molecule has 0 aliphatic carbocycles. The highest BCUT2D eigenvalue weighted by atomic mass is 35.5. The molecule has 1 heterocycles. The van der Waals surface area contributed by atoms with Crippen molar-refractivity contribution in [2.24, 2.45) is 0 Å². The van der Waals surface area contributed by atoms with Gasteiger partial charge in [-0.3, -0.25) is 4.79 Å². The second-order valence-corrected chi connectivity index (χ2v) is 5.74. The maximum absolute atomic E-state index is 12.2. The summed E-state index contributed by atoms with van der Waals surface area (Å²) in [4.78, 5) is 12.2. The Morgan fingerprint density at radius 2 is 2.05 bits per heavy atom. The second-order valence-electron chi connectivity index (χ2n) is 5.33. The number of aliphatic hydroxyl groups is 1. The molecule has 1 aliphatic rings. The molecular formula is C14H18ClNO4. The fourth-order valence-electron chi connectivity index (χ4n) is 1.71. The Hall–Kier alpha value is -1.46. The Balaban J connectivity index is 2.25. The molecule has 1 aliphatic heterocycles. The molecule has 5 nitrogen and oxygen atoms in total. The van der Waals surface area contributed by atoms with Gasteiger partial charge in [0.2, 0.25) is 0 Å². The minimum atomic E-state index is -0.739. The van der Waals surface area contributed by atoms with Gasteiger partial charge in [-0.15, -0.1) is 0 Å². The fourth-order valence-corrected chi connectivity index (χ4v) is 1.98. The zero-order chi connectivity index (χ0) is 14.9. The third kappa shape index (κ3) is 2.99. The molecule has 0 fully saturated rings. The lowest BCUT2D eigenvalue weighted by atomic mass is 9.98. The summed E-state index contributed by atoms with van der Waals surface area (Å²) in [5.74, 6) is 0.600. The Kier molecular flexibility index (Phi) is 4.11. The monoisotopic (exact) mass is 299 g/mol. The molecule has 1 aromatic carbocycles. The van der Waals surface area contributed by atoms with E-state index in [9.17, 15) is 9.90 Å². The lowest BCUT2D eigenvalue weighted by Gasteiger charge is -2.29. The summed E-state index contributed by atoms with van der Waals surface area (Å²) in [5, 5.41) is 12.7. The van der Waals surface area contributed by atoms with E-state index < -0.39 is 11.6 Å². The lowest BCUT2D eigenvalue weighted by Crippen LogP contribution is -2.51. The van der Waals surface area contributed by atoms with Crippen LogP contribution in [0.25, 0.3) is 0 Å². The van der Waals surface area contributed by atoms with Crippen LogP contribution in [0.4, 0.5) is 0 Å². The molecule has 1 amide bonds. The van der Waals surface area contributed by atoms with Crippen molar-refractivity contribution in [3.05, 3.63) is 22.7 Å². The topological polar surface area (TPSA) is 67.8 Å². The Bertz CT molecular complexity index is 528. The van der Waals surface area contributed by atoms with E-state index in [1.165, 1.54) is 6.07 Å². The summed E-state index contributed by atoms with van der Waals surface area (Å²) >= 11 is 6.09. The van der Waals surface area contributed by atoms with Crippen molar-refractivity contribution in [3.8, 4) is 11.5 Å². The lowest BCUT2D eigenvalue weighted by molar-refractivity contribution is 0.0708. The summed E-state index contributed by atoms with van der Waals surface area (Å²) in [7, 11) is 0. The number of amides is 1. The average molecular weight is 300 g/mol. The number of rotatable bonds is 3. The minimum absolute atomic E-state index is 0.324. The van der Waals surface area contributed by atoms with Gasteiger partial charge in [0.1, 0.15) is 13.2 Å². The van der Waals surface area contributed by atoms with E-state index in [0.717, 1.165) is 0 Å². The maximum atomic E-state index is 12.2. The second kappa shape index (κ2) is 5.50. The van der Waals surface area contributed by atoms with Gasteiger partial charge < -0.3 is 19.9 Å². The molecule has 20 heavy (non-hydrogen) atoms. The number of fused-ring (bicyclic) bond motifs is 1. The highest BCUT2D eigenvalue weighted by molar-refractivity contribution is 6.32. The van der Waals surface area contributed by atoms with Crippen molar-refractivity contribution in [3.63, 3.8) is 0 Å². The molecule has 0 radical (unpaired) electrons. The van der Waals surface area contributed by atoms with Crippen molar-refractivity contribution in [1.29, 1.82) is 0 Å². The number of carbonyl (C=O) groups excluding carboxylic acids is 1. The van der Waals surface area contributed by atoms with Crippen molar-refractivity contribution in [2.45, 2.75) is 32.4 Å². The van der Waals surface area contributed by atoms with E-state index in [-0.39, 0.29) is 5.91 Å². The molecule has 0 aromatic heterocycles. The van der Waals surface area contributed by atoms with E-state index in [0.29, 0.717) is 35.3 Å². The molecule has 110 valence electrons. The van der Waals surface area contributed by atoms with E-state index in [2.05, 4.69) is 5.32 Å². The third-order valence-corrected chi connectivity index (χ3v) is 3.62. The molecule has 6 heteroatoms. The molecule has 0 saturated heterocycles. The first-order valence-corrected chi connectivity index (χ1v) is 6.79. The van der Waals surface area contributed by atoms with Gasteiger partial charge in [0.05, 0.1) is 16.7 Å². The fraction of sp³-hybridized carbons (Fsp3) is 0.500. The number of ether oxygens (including phenoxy) is 2. The predicted octanol–water partition coefficient (Wildman–Crippen LogP) is 2.00. The van der Waals surface area contributed by atoms with Gasteiger partial charge in [0.25, 0.3) is 5.91 Å². The molecule has 0 saturated carbocycles. The van der Waals surface area contributed by atoms with E-state index in [1.807, 2.05) is 0 Å². The van der Waals surface area contributed by atoms with Crippen LogP contribution in [0.3, 0.4) is 0 Å². The number of halogens is 1. The number of nitrogens with one attached hydrogen (secondary N) is 1. The summed E-state index contributed by atoms with van der Waals surface area (Å²) in [6.45, 7) is 5.97. The molecule has 2 rings (SSSR count). The SMILES string of the molecule is CC(O)C(C)(C)NC(=O)c1cc(Cl)c2c(c1)OCCO2. The maximum Gasteiger partial charge on any atom is 0.251 e. The number of aliphatic hydroxyl groups excluding tert-OH is 1. The van der Waals surface area contributed by atoms with Gasteiger partial charge in [-0.2, -0.15) is 0 Å². The Morgan fingerprint density at radius 3 is 2.70 bits per heavy atom. The summed E-state index contributed by atoms with van der Waals surface area (Å²) in [6, 6.07) is 3.12. The number of benzene rings is 1. The van der Waals surface area contributed by atoms with E-state index in [4.69, 9.17) is 21.1 Å². The standard InChI is InChI=1S/C14H18ClNO4/c1-8(17)14(2,3)16-13(18)9-6-10(15)12-11(7-9)19-4-5-20-12/h6-8,17H,4-5H2,1-3H3,(H,16,18). The van der Waals surface area contributed by atoms with Crippen molar-refractivity contribution in [2.75, 3.05) is 13.2 Å². The zero-order valence-electron chi connectivity index (χ0n) is 11.7. The van der Waals surface area contributed by atoms with E-state index >= 15 is 0 Å². The predicted molar refractivity (Wildman–Crippen MR) is 75.7 cm³/mol. The molecule has 1 unspecified atom stereocenters. The van der Waals surface area contributed by atoms with Gasteiger partial charge in [0.15, 0.2) is 11.5 Å². The van der Waals surface area contributed by atoms with Crippen molar-refractivity contribution >= 4 is 17.5 Å². The summed E-state index contributed by atoms with van der Waals surface area (Å²) in [6.07, 6.45) is -0.681. The number of hydrogen-bond acceptors (Lipinski definition) is 4. The van der Waals surface area contributed by atoms with Gasteiger partial charge in [-0.25, -0.2) is 0 Å². The molecule has 0 bridgehead atoms. The van der Waals surface area contributed by atoms with Gasteiger partial charge >= 0.3 is 0 Å². The van der Waals surface area contributed by atoms with Crippen molar-refractivity contribution < 1.29 is 19.4 Å². The summed E-state index contributed by atoms with van der Waals surface area (Å²) < 4.78 is 10.8. The Labute approximate surface area is 122 Å². The third-order valence-electron chi connectivity index (χ3n) is 3.34. The molecule has 0 spiro atoms. The first-order valence-electron chi connectivity index (χ1n) is 6.41. The van der Waals surface area contributed by atoms with Crippen LogP contribution < -0.4 is 14.8 Å². The van der Waals surface area contributed by atoms with Crippen LogP contribution in [-0.4, -0.2) is 35.9 Å². The van der Waals surface area contributed by atoms with Crippen LogP contribution in [0, 0.1) is 0 Å². The quantitative estimate of drug-likeness (QED) is 0.896. The first-order chi connectivity index (χ1) is 9.31. The normalized spacial score (nSPS) is 15.7. The number of carbonyl (C=O) groups is 1. The Morgan fingerprint density at radius 1 is 1.40 bits per heavy atom. The van der Waals surface area contributed by atoms with Crippen LogP contribution in [0.2, 0.25) is 5.02 Å². The summed E-state index contributed by atoms with van der Waals surface area (Å²) in [5.41, 5.74) is -0.371. The molecular weight excluding hydrogens is 282 g/mol. The zero-order valence-corrected chi connectivity index (χ0v) is 12.5.